The normalized spacial score (nSPS) is 10.6. The van der Waals surface area contributed by atoms with E-state index in [0.717, 1.165) is 12.0 Å². The second kappa shape index (κ2) is 10.2. The molecule has 0 aliphatic heterocycles. The topological polar surface area (TPSA) is 91.2 Å². The van der Waals surface area contributed by atoms with Crippen LogP contribution in [0, 0.1) is 0 Å². The van der Waals surface area contributed by atoms with Gasteiger partial charge in [0.15, 0.2) is 17.3 Å². The van der Waals surface area contributed by atoms with Crippen molar-refractivity contribution in [2.45, 2.75) is 25.8 Å². The first-order valence-corrected chi connectivity index (χ1v) is 9.46. The van der Waals surface area contributed by atoms with Crippen molar-refractivity contribution in [3.05, 3.63) is 65.5 Å². The zero-order valence-corrected chi connectivity index (χ0v) is 16.7. The lowest BCUT2D eigenvalue weighted by Crippen LogP contribution is -2.28. The van der Waals surface area contributed by atoms with Crippen LogP contribution in [-0.2, 0) is 30.6 Å². The number of tetrazole rings is 1. The van der Waals surface area contributed by atoms with Crippen molar-refractivity contribution in [3.8, 4) is 11.5 Å². The first-order valence-electron chi connectivity index (χ1n) is 9.46. The smallest absolute Gasteiger partial charge is 0.227 e. The quantitative estimate of drug-likeness (QED) is 0.563. The summed E-state index contributed by atoms with van der Waals surface area (Å²) in [5, 5.41) is 14.6. The van der Waals surface area contributed by atoms with Crippen molar-refractivity contribution in [1.82, 2.24) is 25.5 Å². The van der Waals surface area contributed by atoms with Crippen molar-refractivity contribution in [2.75, 3.05) is 20.8 Å². The minimum atomic E-state index is -0.110. The number of nitrogens with zero attached hydrogens (tertiary/aromatic N) is 4. The van der Waals surface area contributed by atoms with Gasteiger partial charge in [0, 0.05) is 13.1 Å². The van der Waals surface area contributed by atoms with Crippen molar-refractivity contribution in [1.29, 1.82) is 0 Å². The Morgan fingerprint density at radius 1 is 1.00 bits per heavy atom. The van der Waals surface area contributed by atoms with E-state index in [1.54, 1.807) is 18.9 Å². The molecule has 1 aromatic heterocycles. The molecule has 29 heavy (non-hydrogen) atoms. The summed E-state index contributed by atoms with van der Waals surface area (Å²) < 4.78 is 12.2. The van der Waals surface area contributed by atoms with Gasteiger partial charge in [0.2, 0.25) is 5.91 Å². The van der Waals surface area contributed by atoms with E-state index in [1.165, 1.54) is 5.56 Å². The lowest BCUT2D eigenvalue weighted by molar-refractivity contribution is -0.120. The van der Waals surface area contributed by atoms with E-state index in [-0.39, 0.29) is 12.3 Å². The minimum absolute atomic E-state index is 0.110. The van der Waals surface area contributed by atoms with Gasteiger partial charge in [-0.25, -0.2) is 4.68 Å². The van der Waals surface area contributed by atoms with Crippen LogP contribution < -0.4 is 14.8 Å². The summed E-state index contributed by atoms with van der Waals surface area (Å²) in [6.07, 6.45) is 1.64. The van der Waals surface area contributed by atoms with Crippen LogP contribution in [0.3, 0.4) is 0 Å². The highest BCUT2D eigenvalue weighted by Gasteiger charge is 2.12. The molecule has 0 atom stereocenters. The highest BCUT2D eigenvalue weighted by atomic mass is 16.5. The highest BCUT2D eigenvalue weighted by Crippen LogP contribution is 2.27. The molecule has 0 radical (unpaired) electrons. The summed E-state index contributed by atoms with van der Waals surface area (Å²) in [7, 11) is 3.20. The van der Waals surface area contributed by atoms with Gasteiger partial charge in [0.25, 0.3) is 0 Å². The predicted molar refractivity (Wildman–Crippen MR) is 108 cm³/mol. The van der Waals surface area contributed by atoms with Crippen molar-refractivity contribution in [3.63, 3.8) is 0 Å². The molecule has 3 rings (SSSR count). The molecule has 2 aromatic carbocycles. The number of carbonyl (C=O) groups excluding carboxylic acids is 1. The third-order valence-corrected chi connectivity index (χ3v) is 4.56. The van der Waals surface area contributed by atoms with Gasteiger partial charge in [-0.1, -0.05) is 36.4 Å². The number of amides is 1. The monoisotopic (exact) mass is 395 g/mol. The highest BCUT2D eigenvalue weighted by molar-refractivity contribution is 5.77. The molecule has 0 unspecified atom stereocenters. The molecule has 1 heterocycles. The number of rotatable bonds is 10. The lowest BCUT2D eigenvalue weighted by atomic mass is 10.1. The predicted octanol–water partition coefficient (Wildman–Crippen LogP) is 1.83. The zero-order chi connectivity index (χ0) is 20.5. The standard InChI is InChI=1S/C21H25N5O3/c1-28-18-9-8-17(14-19(18)29-2)10-12-22-21(27)15-20-23-24-25-26(20)13-11-16-6-4-3-5-7-16/h3-9,14H,10-13,15H2,1-2H3,(H,22,27). The Labute approximate surface area is 169 Å². The SMILES string of the molecule is COc1ccc(CCNC(=O)Cc2nnnn2CCc2ccccc2)cc1OC. The molecule has 0 saturated carbocycles. The van der Waals surface area contributed by atoms with Crippen molar-refractivity contribution in [2.24, 2.45) is 0 Å². The van der Waals surface area contributed by atoms with E-state index >= 15 is 0 Å². The van der Waals surface area contributed by atoms with Gasteiger partial charge < -0.3 is 14.8 Å². The molecule has 1 amide bonds. The van der Waals surface area contributed by atoms with Crippen LogP contribution in [0.1, 0.15) is 17.0 Å². The minimum Gasteiger partial charge on any atom is -0.493 e. The van der Waals surface area contributed by atoms with E-state index in [9.17, 15) is 4.79 Å². The Morgan fingerprint density at radius 3 is 2.55 bits per heavy atom. The van der Waals surface area contributed by atoms with Gasteiger partial charge in [0.1, 0.15) is 0 Å². The lowest BCUT2D eigenvalue weighted by Gasteiger charge is -2.10. The number of aromatic nitrogens is 4. The summed E-state index contributed by atoms with van der Waals surface area (Å²) >= 11 is 0. The van der Waals surface area contributed by atoms with Gasteiger partial charge in [0.05, 0.1) is 20.6 Å². The molecule has 0 fully saturated rings. The van der Waals surface area contributed by atoms with Crippen LogP contribution in [-0.4, -0.2) is 46.9 Å². The molecule has 3 aromatic rings. The Kier molecular flexibility index (Phi) is 7.16. The maximum atomic E-state index is 12.3. The fraction of sp³-hybridized carbons (Fsp3) is 0.333. The Morgan fingerprint density at radius 2 is 1.79 bits per heavy atom. The van der Waals surface area contributed by atoms with Gasteiger partial charge in [-0.2, -0.15) is 0 Å². The molecule has 0 aliphatic carbocycles. The van der Waals surface area contributed by atoms with Crippen LogP contribution in [0.4, 0.5) is 0 Å². The average Bonchev–Trinajstić information content (AvgIpc) is 3.19. The molecule has 152 valence electrons. The number of ether oxygens (including phenoxy) is 2. The third kappa shape index (κ3) is 5.78. The molecular formula is C21H25N5O3. The average molecular weight is 395 g/mol. The fourth-order valence-electron chi connectivity index (χ4n) is 2.99. The number of aryl methyl sites for hydroxylation is 2. The van der Waals surface area contributed by atoms with Crippen LogP contribution in [0.25, 0.3) is 0 Å². The molecule has 0 bridgehead atoms. The summed E-state index contributed by atoms with van der Waals surface area (Å²) in [4.78, 5) is 12.3. The summed E-state index contributed by atoms with van der Waals surface area (Å²) in [5.74, 6) is 1.81. The number of methoxy groups -OCH3 is 2. The first kappa shape index (κ1) is 20.3. The molecule has 1 N–H and O–H groups in total. The third-order valence-electron chi connectivity index (χ3n) is 4.56. The van der Waals surface area contributed by atoms with Crippen LogP contribution in [0.2, 0.25) is 0 Å². The van der Waals surface area contributed by atoms with E-state index < -0.39 is 0 Å². The van der Waals surface area contributed by atoms with Crippen LogP contribution in [0.5, 0.6) is 11.5 Å². The van der Waals surface area contributed by atoms with E-state index in [0.29, 0.717) is 36.8 Å². The fourth-order valence-corrected chi connectivity index (χ4v) is 2.99. The van der Waals surface area contributed by atoms with E-state index in [1.807, 2.05) is 36.4 Å². The Hall–Kier alpha value is -3.42. The second-order valence-electron chi connectivity index (χ2n) is 6.52. The van der Waals surface area contributed by atoms with E-state index in [2.05, 4.69) is 33.0 Å². The largest absolute Gasteiger partial charge is 0.493 e. The maximum absolute atomic E-state index is 12.3. The summed E-state index contributed by atoms with van der Waals surface area (Å²) in [6.45, 7) is 1.14. The molecular weight excluding hydrogens is 370 g/mol. The van der Waals surface area contributed by atoms with E-state index in [4.69, 9.17) is 9.47 Å². The molecule has 8 nitrogen and oxygen atoms in total. The van der Waals surface area contributed by atoms with Crippen molar-refractivity contribution >= 4 is 5.91 Å². The first-order chi connectivity index (χ1) is 14.2. The van der Waals surface area contributed by atoms with Gasteiger partial charge in [-0.15, -0.1) is 5.10 Å². The van der Waals surface area contributed by atoms with Gasteiger partial charge >= 0.3 is 0 Å². The number of hydrogen-bond donors (Lipinski definition) is 1. The van der Waals surface area contributed by atoms with Crippen LogP contribution in [0.15, 0.2) is 48.5 Å². The van der Waals surface area contributed by atoms with Crippen LogP contribution >= 0.6 is 0 Å². The number of carbonyl (C=O) groups is 1. The second-order valence-corrected chi connectivity index (χ2v) is 6.52. The number of hydrogen-bond acceptors (Lipinski definition) is 6. The molecule has 0 aliphatic rings. The molecule has 0 spiro atoms. The number of benzene rings is 2. The molecule has 8 heteroatoms. The zero-order valence-electron chi connectivity index (χ0n) is 16.7. The Bertz CT molecular complexity index is 927. The summed E-state index contributed by atoms with van der Waals surface area (Å²) in [5.41, 5.74) is 2.25. The number of nitrogens with one attached hydrogen (secondary N) is 1. The Balaban J connectivity index is 1.47. The van der Waals surface area contributed by atoms with Crippen molar-refractivity contribution < 1.29 is 14.3 Å². The maximum Gasteiger partial charge on any atom is 0.227 e. The van der Waals surface area contributed by atoms with Gasteiger partial charge in [-0.05, 0) is 46.5 Å². The van der Waals surface area contributed by atoms with Gasteiger partial charge in [-0.3, -0.25) is 4.79 Å². The molecule has 0 saturated heterocycles. The summed E-state index contributed by atoms with van der Waals surface area (Å²) in [6, 6.07) is 15.8.